The predicted octanol–water partition coefficient (Wildman–Crippen LogP) is 2.80. The molecule has 3 atom stereocenters. The van der Waals surface area contributed by atoms with Gasteiger partial charge < -0.3 is 10.2 Å². The van der Waals surface area contributed by atoms with Crippen molar-refractivity contribution in [2.75, 3.05) is 7.05 Å². The van der Waals surface area contributed by atoms with Gasteiger partial charge in [-0.1, -0.05) is 18.9 Å². The van der Waals surface area contributed by atoms with E-state index in [9.17, 15) is 4.79 Å². The summed E-state index contributed by atoms with van der Waals surface area (Å²) in [5, 5.41) is 3.55. The van der Waals surface area contributed by atoms with Crippen molar-refractivity contribution in [1.82, 2.24) is 15.2 Å². The van der Waals surface area contributed by atoms with E-state index in [1.54, 1.807) is 11.1 Å². The van der Waals surface area contributed by atoms with Gasteiger partial charge >= 0.3 is 0 Å². The predicted molar refractivity (Wildman–Crippen MR) is 92.5 cm³/mol. The van der Waals surface area contributed by atoms with E-state index >= 15 is 0 Å². The normalized spacial score (nSPS) is 26.3. The number of nitrogens with zero attached hydrogens (tertiary/aromatic N) is 2. The summed E-state index contributed by atoms with van der Waals surface area (Å²) in [6, 6.07) is 6.40. The fourth-order valence-electron chi connectivity index (χ4n) is 3.59. The average molecular weight is 346 g/mol. The molecule has 6 heteroatoms. The summed E-state index contributed by atoms with van der Waals surface area (Å²) in [5.74, 6) is 0.922. The summed E-state index contributed by atoms with van der Waals surface area (Å²) >= 11 is 0. The third-order valence-corrected chi connectivity index (χ3v) is 4.66. The lowest BCUT2D eigenvalue weighted by Gasteiger charge is -2.24. The number of hydrogen-bond acceptors (Lipinski definition) is 3. The summed E-state index contributed by atoms with van der Waals surface area (Å²) in [4.78, 5) is 18.6. The lowest BCUT2D eigenvalue weighted by molar-refractivity contribution is -0.132. The number of amides is 1. The van der Waals surface area contributed by atoms with Crippen molar-refractivity contribution in [2.45, 2.75) is 50.7 Å². The second-order valence-corrected chi connectivity index (χ2v) is 6.12. The van der Waals surface area contributed by atoms with E-state index in [0.29, 0.717) is 18.5 Å². The van der Waals surface area contributed by atoms with Gasteiger partial charge in [0.1, 0.15) is 0 Å². The average Bonchev–Trinajstić information content (AvgIpc) is 2.91. The highest BCUT2D eigenvalue weighted by Gasteiger charge is 2.39. The molecule has 2 heterocycles. The first-order valence-electron chi connectivity index (χ1n) is 7.65. The fraction of sp³-hybridized carbons (Fsp3) is 0.625. The highest BCUT2D eigenvalue weighted by Crippen LogP contribution is 2.33. The van der Waals surface area contributed by atoms with E-state index < -0.39 is 0 Å². The van der Waals surface area contributed by atoms with E-state index in [0.717, 1.165) is 12.1 Å². The van der Waals surface area contributed by atoms with Gasteiger partial charge in [0.15, 0.2) is 0 Å². The molecule has 1 aliphatic heterocycles. The first-order valence-corrected chi connectivity index (χ1v) is 7.65. The van der Waals surface area contributed by atoms with Crippen molar-refractivity contribution in [3.8, 4) is 0 Å². The van der Waals surface area contributed by atoms with Crippen LogP contribution in [0.2, 0.25) is 0 Å². The van der Waals surface area contributed by atoms with Crippen molar-refractivity contribution < 1.29 is 4.79 Å². The highest BCUT2D eigenvalue weighted by molar-refractivity contribution is 5.85. The summed E-state index contributed by atoms with van der Waals surface area (Å²) in [5.41, 5.74) is 0.943. The molecule has 4 nitrogen and oxygen atoms in total. The molecule has 0 radical (unpaired) electrons. The van der Waals surface area contributed by atoms with E-state index in [-0.39, 0.29) is 36.8 Å². The van der Waals surface area contributed by atoms with Crippen LogP contribution in [0.1, 0.15) is 37.8 Å². The zero-order valence-corrected chi connectivity index (χ0v) is 14.5. The monoisotopic (exact) mass is 345 g/mol. The van der Waals surface area contributed by atoms with Gasteiger partial charge in [0.05, 0.1) is 18.3 Å². The minimum absolute atomic E-state index is 0. The molecule has 1 saturated heterocycles. The Kier molecular flexibility index (Phi) is 7.60. The molecule has 3 rings (SSSR count). The molecule has 0 bridgehead atoms. The fourth-order valence-corrected chi connectivity index (χ4v) is 3.59. The van der Waals surface area contributed by atoms with Crippen LogP contribution >= 0.6 is 24.8 Å². The second kappa shape index (κ2) is 8.70. The molecule has 1 aromatic heterocycles. The van der Waals surface area contributed by atoms with Gasteiger partial charge in [-0.2, -0.15) is 0 Å². The summed E-state index contributed by atoms with van der Waals surface area (Å²) in [6.45, 7) is 0.590. The molecular weight excluding hydrogens is 321 g/mol. The van der Waals surface area contributed by atoms with Crippen LogP contribution < -0.4 is 5.32 Å². The Morgan fingerprint density at radius 2 is 2.09 bits per heavy atom. The molecule has 1 saturated carbocycles. The standard InChI is InChI=1S/C16H23N3O.2ClH/c1-19(11-13-7-4-5-9-17-13)16(20)15-10-12-6-2-3-8-14(12)18-15;;/h4-5,7,9,12,14-15,18H,2-3,6,8,10-11H2,1H3;2*1H. The Balaban J connectivity index is 0.00000121. The van der Waals surface area contributed by atoms with Crippen molar-refractivity contribution >= 4 is 30.7 Å². The maximum atomic E-state index is 12.5. The van der Waals surface area contributed by atoms with Crippen molar-refractivity contribution in [2.24, 2.45) is 5.92 Å². The van der Waals surface area contributed by atoms with Crippen LogP contribution in [0, 0.1) is 5.92 Å². The number of aromatic nitrogens is 1. The largest absolute Gasteiger partial charge is 0.339 e. The molecule has 2 fully saturated rings. The number of likely N-dealkylation sites (N-methyl/N-ethyl adjacent to an activating group) is 1. The number of pyridine rings is 1. The molecule has 22 heavy (non-hydrogen) atoms. The molecule has 2 aliphatic rings. The number of fused-ring (bicyclic) bond motifs is 1. The van der Waals surface area contributed by atoms with Crippen molar-refractivity contribution in [3.63, 3.8) is 0 Å². The van der Waals surface area contributed by atoms with Gasteiger partial charge in [0.2, 0.25) is 5.91 Å². The van der Waals surface area contributed by atoms with Crippen molar-refractivity contribution in [3.05, 3.63) is 30.1 Å². The van der Waals surface area contributed by atoms with Gasteiger partial charge in [0, 0.05) is 19.3 Å². The first-order chi connectivity index (χ1) is 9.74. The smallest absolute Gasteiger partial charge is 0.239 e. The topological polar surface area (TPSA) is 45.2 Å². The maximum absolute atomic E-state index is 12.5. The lowest BCUT2D eigenvalue weighted by atomic mass is 9.85. The number of carbonyl (C=O) groups excluding carboxylic acids is 1. The minimum Gasteiger partial charge on any atom is -0.339 e. The van der Waals surface area contributed by atoms with Crippen LogP contribution in [0.5, 0.6) is 0 Å². The third kappa shape index (κ3) is 4.34. The number of halogens is 2. The quantitative estimate of drug-likeness (QED) is 0.915. The molecule has 1 N–H and O–H groups in total. The molecule has 1 aromatic rings. The number of carbonyl (C=O) groups is 1. The van der Waals surface area contributed by atoms with Gasteiger partial charge in [-0.25, -0.2) is 0 Å². The molecule has 1 aliphatic carbocycles. The zero-order valence-electron chi connectivity index (χ0n) is 12.9. The lowest BCUT2D eigenvalue weighted by Crippen LogP contribution is -2.43. The van der Waals surface area contributed by atoms with Crippen LogP contribution in [-0.4, -0.2) is 34.9 Å². The van der Waals surface area contributed by atoms with E-state index in [2.05, 4.69) is 10.3 Å². The van der Waals surface area contributed by atoms with E-state index in [4.69, 9.17) is 0 Å². The summed E-state index contributed by atoms with van der Waals surface area (Å²) in [6.07, 6.45) is 7.93. The Hall–Kier alpha value is -0.840. The molecule has 0 spiro atoms. The van der Waals surface area contributed by atoms with Crippen LogP contribution in [0.25, 0.3) is 0 Å². The SMILES string of the molecule is CN(Cc1ccccn1)C(=O)C1CC2CCCCC2N1.Cl.Cl. The molecule has 124 valence electrons. The summed E-state index contributed by atoms with van der Waals surface area (Å²) < 4.78 is 0. The minimum atomic E-state index is 0. The van der Waals surface area contributed by atoms with Crippen LogP contribution in [-0.2, 0) is 11.3 Å². The number of hydrogen-bond donors (Lipinski definition) is 1. The van der Waals surface area contributed by atoms with Crippen LogP contribution in [0.15, 0.2) is 24.4 Å². The Bertz CT molecular complexity index is 458. The Labute approximate surface area is 144 Å². The Morgan fingerprint density at radius 3 is 2.77 bits per heavy atom. The zero-order chi connectivity index (χ0) is 13.9. The molecular formula is C16H25Cl2N3O. The summed E-state index contributed by atoms with van der Waals surface area (Å²) in [7, 11) is 1.88. The Morgan fingerprint density at radius 1 is 1.32 bits per heavy atom. The molecule has 0 aromatic carbocycles. The van der Waals surface area contributed by atoms with E-state index in [1.165, 1.54) is 25.7 Å². The first kappa shape index (κ1) is 19.2. The van der Waals surface area contributed by atoms with Crippen LogP contribution in [0.4, 0.5) is 0 Å². The van der Waals surface area contributed by atoms with Crippen LogP contribution in [0.3, 0.4) is 0 Å². The van der Waals surface area contributed by atoms with Crippen molar-refractivity contribution in [1.29, 1.82) is 0 Å². The molecule has 1 amide bonds. The van der Waals surface area contributed by atoms with Gasteiger partial charge in [0.25, 0.3) is 0 Å². The number of rotatable bonds is 3. The number of nitrogens with one attached hydrogen (secondary N) is 1. The third-order valence-electron chi connectivity index (χ3n) is 4.66. The van der Waals surface area contributed by atoms with Gasteiger partial charge in [-0.3, -0.25) is 9.78 Å². The van der Waals surface area contributed by atoms with E-state index in [1.807, 2.05) is 25.2 Å². The van der Waals surface area contributed by atoms with Gasteiger partial charge in [-0.15, -0.1) is 24.8 Å². The molecule has 3 unspecified atom stereocenters. The second-order valence-electron chi connectivity index (χ2n) is 6.12. The van der Waals surface area contributed by atoms with Gasteiger partial charge in [-0.05, 0) is 37.3 Å². The highest BCUT2D eigenvalue weighted by atomic mass is 35.5. The maximum Gasteiger partial charge on any atom is 0.239 e.